The number of aromatic nitrogens is 2. The Bertz CT molecular complexity index is 740. The van der Waals surface area contributed by atoms with Crippen LogP contribution in [-0.4, -0.2) is 34.1 Å². The number of anilines is 3. The average molecular weight is 326 g/mol. The van der Waals surface area contributed by atoms with Gasteiger partial charge in [-0.1, -0.05) is 12.1 Å². The predicted octanol–water partition coefficient (Wildman–Crippen LogP) is 3.14. The number of piperidine rings is 1. The molecule has 0 aliphatic carbocycles. The van der Waals surface area contributed by atoms with Crippen LogP contribution in [0.5, 0.6) is 0 Å². The van der Waals surface area contributed by atoms with E-state index in [-0.39, 0.29) is 5.92 Å². The van der Waals surface area contributed by atoms with Gasteiger partial charge in [-0.05, 0) is 43.9 Å². The Kier molecular flexibility index (Phi) is 4.64. The highest BCUT2D eigenvalue weighted by atomic mass is 16.4. The minimum absolute atomic E-state index is 0.240. The fraction of sp³-hybridized carbons (Fsp3) is 0.389. The molecule has 3 rings (SSSR count). The van der Waals surface area contributed by atoms with Crippen LogP contribution in [0.3, 0.4) is 0 Å². The van der Waals surface area contributed by atoms with Crippen molar-refractivity contribution >= 4 is 23.3 Å². The summed E-state index contributed by atoms with van der Waals surface area (Å²) >= 11 is 0. The molecule has 2 aromatic rings. The fourth-order valence-electron chi connectivity index (χ4n) is 2.95. The molecule has 1 aliphatic rings. The highest BCUT2D eigenvalue weighted by Crippen LogP contribution is 2.25. The zero-order chi connectivity index (χ0) is 17.1. The van der Waals surface area contributed by atoms with E-state index in [1.807, 2.05) is 6.07 Å². The summed E-state index contributed by atoms with van der Waals surface area (Å²) in [6, 6.07) is 8.17. The van der Waals surface area contributed by atoms with Gasteiger partial charge in [0.05, 0.1) is 5.92 Å². The summed E-state index contributed by atoms with van der Waals surface area (Å²) in [6.45, 7) is 5.52. The summed E-state index contributed by atoms with van der Waals surface area (Å²) in [5.74, 6) is 0.640. The molecule has 126 valence electrons. The molecule has 24 heavy (non-hydrogen) atoms. The van der Waals surface area contributed by atoms with Gasteiger partial charge in [0.15, 0.2) is 0 Å². The van der Waals surface area contributed by atoms with Crippen molar-refractivity contribution in [3.63, 3.8) is 0 Å². The van der Waals surface area contributed by atoms with Crippen LogP contribution >= 0.6 is 0 Å². The number of rotatable bonds is 4. The maximum absolute atomic E-state index is 11.1. The maximum atomic E-state index is 11.1. The Morgan fingerprint density at radius 2 is 1.96 bits per heavy atom. The van der Waals surface area contributed by atoms with Crippen molar-refractivity contribution in [1.82, 2.24) is 9.97 Å². The first-order valence-corrected chi connectivity index (χ1v) is 8.17. The third-order valence-corrected chi connectivity index (χ3v) is 4.48. The van der Waals surface area contributed by atoms with Crippen molar-refractivity contribution in [2.75, 3.05) is 23.3 Å². The van der Waals surface area contributed by atoms with Crippen LogP contribution < -0.4 is 10.2 Å². The smallest absolute Gasteiger partial charge is 0.306 e. The lowest BCUT2D eigenvalue weighted by Crippen LogP contribution is -2.36. The number of carboxylic acids is 1. The van der Waals surface area contributed by atoms with Gasteiger partial charge in [0, 0.05) is 24.8 Å². The molecule has 2 heterocycles. The topological polar surface area (TPSA) is 78.4 Å². The number of carbonyl (C=O) groups is 1. The number of hydrogen-bond donors (Lipinski definition) is 2. The number of aryl methyl sites for hydroxylation is 2. The molecule has 6 nitrogen and oxygen atoms in total. The Hall–Kier alpha value is -2.63. The minimum Gasteiger partial charge on any atom is -0.481 e. The largest absolute Gasteiger partial charge is 0.481 e. The van der Waals surface area contributed by atoms with E-state index in [2.05, 4.69) is 52.2 Å². The van der Waals surface area contributed by atoms with Crippen molar-refractivity contribution in [3.05, 3.63) is 41.7 Å². The van der Waals surface area contributed by atoms with Crippen molar-refractivity contribution in [2.24, 2.45) is 5.92 Å². The van der Waals surface area contributed by atoms with E-state index in [1.54, 1.807) is 6.33 Å². The SMILES string of the molecule is Cc1ccc(C)c(Nc2cc(N3CCC(C(=O)O)CC3)ncn2)c1. The van der Waals surface area contributed by atoms with E-state index >= 15 is 0 Å². The van der Waals surface area contributed by atoms with Crippen LogP contribution in [0.25, 0.3) is 0 Å². The van der Waals surface area contributed by atoms with Crippen LogP contribution in [0.2, 0.25) is 0 Å². The van der Waals surface area contributed by atoms with Crippen LogP contribution in [0.1, 0.15) is 24.0 Å². The van der Waals surface area contributed by atoms with Gasteiger partial charge in [-0.25, -0.2) is 9.97 Å². The second kappa shape index (κ2) is 6.86. The number of nitrogens with one attached hydrogen (secondary N) is 1. The van der Waals surface area contributed by atoms with Gasteiger partial charge < -0.3 is 15.3 Å². The van der Waals surface area contributed by atoms with E-state index in [9.17, 15) is 4.79 Å². The quantitative estimate of drug-likeness (QED) is 0.899. The monoisotopic (exact) mass is 326 g/mol. The summed E-state index contributed by atoms with van der Waals surface area (Å²) in [5.41, 5.74) is 3.38. The van der Waals surface area contributed by atoms with Gasteiger partial charge in [-0.2, -0.15) is 0 Å². The first-order valence-electron chi connectivity index (χ1n) is 8.17. The number of carboxylic acid groups (broad SMARTS) is 1. The second-order valence-corrected chi connectivity index (χ2v) is 6.30. The number of hydrogen-bond acceptors (Lipinski definition) is 5. The lowest BCUT2D eigenvalue weighted by atomic mass is 9.97. The highest BCUT2D eigenvalue weighted by Gasteiger charge is 2.25. The first kappa shape index (κ1) is 16.2. The normalized spacial score (nSPS) is 15.3. The van der Waals surface area contributed by atoms with Gasteiger partial charge in [-0.15, -0.1) is 0 Å². The van der Waals surface area contributed by atoms with Gasteiger partial charge in [0.25, 0.3) is 0 Å². The van der Waals surface area contributed by atoms with Crippen molar-refractivity contribution in [3.8, 4) is 0 Å². The summed E-state index contributed by atoms with van der Waals surface area (Å²) in [4.78, 5) is 21.8. The van der Waals surface area contributed by atoms with E-state index in [1.165, 1.54) is 5.56 Å². The number of aliphatic carboxylic acids is 1. The molecule has 2 N–H and O–H groups in total. The third kappa shape index (κ3) is 3.64. The van der Waals surface area contributed by atoms with E-state index in [4.69, 9.17) is 5.11 Å². The van der Waals surface area contributed by atoms with Gasteiger partial charge in [0.2, 0.25) is 0 Å². The summed E-state index contributed by atoms with van der Waals surface area (Å²) < 4.78 is 0. The molecule has 0 unspecified atom stereocenters. The van der Waals surface area contributed by atoms with Crippen molar-refractivity contribution < 1.29 is 9.90 Å². The Balaban J connectivity index is 1.73. The van der Waals surface area contributed by atoms with Crippen molar-refractivity contribution in [2.45, 2.75) is 26.7 Å². The standard InChI is InChI=1S/C18H22N4O2/c1-12-3-4-13(2)15(9-12)21-16-10-17(20-11-19-16)22-7-5-14(6-8-22)18(23)24/h3-4,9-11,14H,5-8H2,1-2H3,(H,23,24)(H,19,20,21). The molecule has 0 spiro atoms. The first-order chi connectivity index (χ1) is 11.5. The lowest BCUT2D eigenvalue weighted by Gasteiger charge is -2.31. The Morgan fingerprint density at radius 3 is 2.67 bits per heavy atom. The minimum atomic E-state index is -0.699. The molecule has 0 atom stereocenters. The highest BCUT2D eigenvalue weighted by molar-refractivity contribution is 5.70. The summed E-state index contributed by atoms with van der Waals surface area (Å²) in [5, 5.41) is 12.4. The summed E-state index contributed by atoms with van der Waals surface area (Å²) in [7, 11) is 0. The molecule has 1 aromatic heterocycles. The average Bonchev–Trinajstić information content (AvgIpc) is 2.58. The van der Waals surface area contributed by atoms with Gasteiger partial charge in [0.1, 0.15) is 18.0 Å². The Labute approximate surface area is 141 Å². The van der Waals surface area contributed by atoms with E-state index in [0.29, 0.717) is 25.9 Å². The predicted molar refractivity (Wildman–Crippen MR) is 93.8 cm³/mol. The zero-order valence-corrected chi connectivity index (χ0v) is 14.0. The van der Waals surface area contributed by atoms with Crippen molar-refractivity contribution in [1.29, 1.82) is 0 Å². The summed E-state index contributed by atoms with van der Waals surface area (Å²) in [6.07, 6.45) is 2.85. The lowest BCUT2D eigenvalue weighted by molar-refractivity contribution is -0.142. The molecule has 0 saturated carbocycles. The van der Waals surface area contributed by atoms with Gasteiger partial charge in [-0.3, -0.25) is 4.79 Å². The third-order valence-electron chi connectivity index (χ3n) is 4.48. The van der Waals surface area contributed by atoms with E-state index < -0.39 is 5.97 Å². The molecule has 6 heteroatoms. The van der Waals surface area contributed by atoms with Crippen LogP contribution in [0, 0.1) is 19.8 Å². The maximum Gasteiger partial charge on any atom is 0.306 e. The zero-order valence-electron chi connectivity index (χ0n) is 14.0. The fourth-order valence-corrected chi connectivity index (χ4v) is 2.95. The molecule has 1 saturated heterocycles. The van der Waals surface area contributed by atoms with Crippen LogP contribution in [-0.2, 0) is 4.79 Å². The second-order valence-electron chi connectivity index (χ2n) is 6.30. The molecular weight excluding hydrogens is 304 g/mol. The molecule has 1 fully saturated rings. The van der Waals surface area contributed by atoms with Crippen LogP contribution in [0.4, 0.5) is 17.3 Å². The molecule has 1 aliphatic heterocycles. The molecule has 0 radical (unpaired) electrons. The molecule has 1 aromatic carbocycles. The molecular formula is C18H22N4O2. The number of nitrogens with zero attached hydrogens (tertiary/aromatic N) is 3. The molecule has 0 bridgehead atoms. The van der Waals surface area contributed by atoms with E-state index in [0.717, 1.165) is 22.9 Å². The molecule has 0 amide bonds. The van der Waals surface area contributed by atoms with Crippen LogP contribution in [0.15, 0.2) is 30.6 Å². The number of benzene rings is 1. The Morgan fingerprint density at radius 1 is 1.21 bits per heavy atom. The van der Waals surface area contributed by atoms with Gasteiger partial charge >= 0.3 is 5.97 Å².